The quantitative estimate of drug-likeness (QED) is 0.257. The number of benzene rings is 2. The van der Waals surface area contributed by atoms with Gasteiger partial charge in [0.15, 0.2) is 11.5 Å². The molecular formula is C39H46ClN9O4. The first-order valence-corrected chi connectivity index (χ1v) is 19.1. The molecule has 278 valence electrons. The van der Waals surface area contributed by atoms with Crippen molar-refractivity contribution in [2.45, 2.75) is 82.1 Å². The molecule has 0 bridgehead atoms. The number of aromatic nitrogens is 2. The summed E-state index contributed by atoms with van der Waals surface area (Å²) in [6.07, 6.45) is 6.23. The van der Waals surface area contributed by atoms with Crippen LogP contribution in [0, 0.1) is 11.3 Å². The highest BCUT2D eigenvalue weighted by Gasteiger charge is 2.30. The van der Waals surface area contributed by atoms with E-state index in [0.717, 1.165) is 95.8 Å². The maximum Gasteiger partial charge on any atom is 0.272 e. The van der Waals surface area contributed by atoms with E-state index in [1.807, 2.05) is 18.2 Å². The molecule has 1 atom stereocenters. The van der Waals surface area contributed by atoms with Crippen LogP contribution in [-0.4, -0.2) is 101 Å². The molecule has 0 spiro atoms. The van der Waals surface area contributed by atoms with Crippen molar-refractivity contribution < 1.29 is 19.1 Å². The predicted molar refractivity (Wildman–Crippen MR) is 201 cm³/mol. The molecule has 1 aliphatic carbocycles. The van der Waals surface area contributed by atoms with Crippen LogP contribution in [0.15, 0.2) is 54.6 Å². The number of anilines is 2. The van der Waals surface area contributed by atoms with Crippen LogP contribution >= 0.6 is 11.6 Å². The van der Waals surface area contributed by atoms with Crippen LogP contribution in [0.1, 0.15) is 73.0 Å². The topological polar surface area (TPSA) is 156 Å². The van der Waals surface area contributed by atoms with Crippen LogP contribution in [0.4, 0.5) is 11.5 Å². The van der Waals surface area contributed by atoms with Gasteiger partial charge in [-0.15, -0.1) is 10.2 Å². The highest BCUT2D eigenvalue weighted by atomic mass is 35.5. The highest BCUT2D eigenvalue weighted by Crippen LogP contribution is 2.28. The Bertz CT molecular complexity index is 1810. The van der Waals surface area contributed by atoms with Crippen LogP contribution in [0.3, 0.4) is 0 Å². The van der Waals surface area contributed by atoms with E-state index in [0.29, 0.717) is 40.9 Å². The Hall–Kier alpha value is -4.77. The number of piperidine rings is 2. The molecule has 3 amide bonds. The average molecular weight is 740 g/mol. The van der Waals surface area contributed by atoms with Crippen molar-refractivity contribution in [3.05, 3.63) is 76.4 Å². The van der Waals surface area contributed by atoms with Crippen LogP contribution in [0.2, 0.25) is 5.02 Å². The molecule has 4 fully saturated rings. The maximum absolute atomic E-state index is 13.0. The van der Waals surface area contributed by atoms with Crippen LogP contribution in [0.5, 0.6) is 5.75 Å². The van der Waals surface area contributed by atoms with E-state index in [1.165, 1.54) is 5.56 Å². The fourth-order valence-electron chi connectivity index (χ4n) is 7.85. The number of halogens is 1. The van der Waals surface area contributed by atoms with Crippen molar-refractivity contribution in [2.24, 2.45) is 0 Å². The minimum Gasteiger partial charge on any atom is -0.490 e. The van der Waals surface area contributed by atoms with Gasteiger partial charge in [-0.25, -0.2) is 0 Å². The summed E-state index contributed by atoms with van der Waals surface area (Å²) in [7, 11) is 0. The number of hydrogen-bond acceptors (Lipinski definition) is 11. The van der Waals surface area contributed by atoms with Gasteiger partial charge in [0.2, 0.25) is 11.8 Å². The number of nitrogens with zero attached hydrogens (tertiary/aromatic N) is 6. The zero-order valence-corrected chi connectivity index (χ0v) is 30.6. The summed E-state index contributed by atoms with van der Waals surface area (Å²) < 4.78 is 6.08. The first-order valence-electron chi connectivity index (χ1n) is 18.7. The highest BCUT2D eigenvalue weighted by molar-refractivity contribution is 6.31. The molecule has 1 aromatic heterocycles. The lowest BCUT2D eigenvalue weighted by atomic mass is 9.93. The molecule has 53 heavy (non-hydrogen) atoms. The SMILES string of the molecule is N#Cc1ccc(OC2CCC(NC(=O)c3ccc(N4CCC(N5CCN(Cc6cccc(NC7CCC(=O)NC7=O)c6)CC5)CC4)nn3)CC2)cc1Cl. The number of amides is 3. The van der Waals surface area contributed by atoms with E-state index in [-0.39, 0.29) is 35.9 Å². The smallest absolute Gasteiger partial charge is 0.272 e. The maximum atomic E-state index is 13.0. The van der Waals surface area contributed by atoms with Crippen molar-refractivity contribution in [3.8, 4) is 11.8 Å². The molecule has 13 nitrogen and oxygen atoms in total. The Labute approximate surface area is 315 Å². The van der Waals surface area contributed by atoms with E-state index in [9.17, 15) is 14.4 Å². The first kappa shape index (κ1) is 36.6. The number of imide groups is 1. The molecule has 4 heterocycles. The summed E-state index contributed by atoms with van der Waals surface area (Å²) >= 11 is 6.14. The van der Waals surface area contributed by atoms with Gasteiger partial charge < -0.3 is 20.3 Å². The monoisotopic (exact) mass is 739 g/mol. The third-order valence-electron chi connectivity index (χ3n) is 10.9. The number of ether oxygens (including phenoxy) is 1. The summed E-state index contributed by atoms with van der Waals surface area (Å²) in [6.45, 7) is 6.73. The lowest BCUT2D eigenvalue weighted by molar-refractivity contribution is -0.133. The number of nitriles is 1. The second-order valence-electron chi connectivity index (χ2n) is 14.5. The lowest BCUT2D eigenvalue weighted by Gasteiger charge is -2.43. The fourth-order valence-corrected chi connectivity index (χ4v) is 8.06. The Morgan fingerprint density at radius 2 is 1.72 bits per heavy atom. The van der Waals surface area contributed by atoms with Crippen molar-refractivity contribution in [3.63, 3.8) is 0 Å². The first-order chi connectivity index (χ1) is 25.8. The molecular weight excluding hydrogens is 694 g/mol. The van der Waals surface area contributed by atoms with Gasteiger partial charge in [-0.05, 0) is 86.9 Å². The molecule has 2 aromatic carbocycles. The minimum atomic E-state index is -0.385. The summed E-state index contributed by atoms with van der Waals surface area (Å²) in [5.74, 6) is 0.785. The van der Waals surface area contributed by atoms with Crippen molar-refractivity contribution in [2.75, 3.05) is 49.5 Å². The minimum absolute atomic E-state index is 0.0348. The molecule has 3 N–H and O–H groups in total. The number of carbonyl (C=O) groups is 3. The number of carbonyl (C=O) groups excluding carboxylic acids is 3. The van der Waals surface area contributed by atoms with E-state index >= 15 is 0 Å². The fraction of sp³-hybridized carbons (Fsp3) is 0.487. The van der Waals surface area contributed by atoms with Crippen molar-refractivity contribution in [1.82, 2.24) is 30.6 Å². The van der Waals surface area contributed by atoms with Crippen LogP contribution < -0.4 is 25.6 Å². The molecule has 3 saturated heterocycles. The predicted octanol–water partition coefficient (Wildman–Crippen LogP) is 4.13. The van der Waals surface area contributed by atoms with Gasteiger partial charge in [0, 0.05) is 76.1 Å². The second-order valence-corrected chi connectivity index (χ2v) is 14.9. The van der Waals surface area contributed by atoms with Crippen LogP contribution in [-0.2, 0) is 16.1 Å². The third kappa shape index (κ3) is 9.43. The summed E-state index contributed by atoms with van der Waals surface area (Å²) in [6, 6.07) is 19.3. The van der Waals surface area contributed by atoms with Crippen molar-refractivity contribution in [1.29, 1.82) is 5.26 Å². The van der Waals surface area contributed by atoms with E-state index in [1.54, 1.807) is 24.3 Å². The number of hydrogen-bond donors (Lipinski definition) is 3. The van der Waals surface area contributed by atoms with Gasteiger partial charge >= 0.3 is 0 Å². The zero-order valence-electron chi connectivity index (χ0n) is 29.8. The summed E-state index contributed by atoms with van der Waals surface area (Å²) in [5.41, 5.74) is 2.85. The van der Waals surface area contributed by atoms with E-state index in [4.69, 9.17) is 21.6 Å². The van der Waals surface area contributed by atoms with Gasteiger partial charge in [-0.3, -0.25) is 29.5 Å². The lowest BCUT2D eigenvalue weighted by Crippen LogP contribution is -2.53. The van der Waals surface area contributed by atoms with E-state index in [2.05, 4.69) is 59.0 Å². The van der Waals surface area contributed by atoms with Gasteiger partial charge in [0.05, 0.1) is 16.7 Å². The molecule has 1 saturated carbocycles. The van der Waals surface area contributed by atoms with E-state index < -0.39 is 0 Å². The molecule has 0 radical (unpaired) electrons. The zero-order chi connectivity index (χ0) is 36.7. The molecule has 1 unspecified atom stereocenters. The standard InChI is InChI=1S/C39H46ClN9O4/c40-33-23-32(7-4-27(33)24-41)53-31-8-5-28(6-9-31)43-39(52)35-10-12-36(46-45-35)49-16-14-30(15-17-49)48-20-18-47(19-21-48)25-26-2-1-3-29(22-26)42-34-11-13-37(50)44-38(34)51/h1-4,7,10,12,22-23,28,30-31,34,42H,5-6,8-9,11,13-21,25H2,(H,43,52)(H,44,50,51). The summed E-state index contributed by atoms with van der Waals surface area (Å²) in [4.78, 5) is 44.0. The van der Waals surface area contributed by atoms with Gasteiger partial charge in [-0.1, -0.05) is 23.7 Å². The number of rotatable bonds is 10. The van der Waals surface area contributed by atoms with Gasteiger partial charge in [-0.2, -0.15) is 5.26 Å². The number of piperazine rings is 1. The second kappa shape index (κ2) is 16.9. The molecule has 14 heteroatoms. The molecule has 4 aliphatic rings. The Morgan fingerprint density at radius 3 is 2.42 bits per heavy atom. The Morgan fingerprint density at radius 1 is 0.925 bits per heavy atom. The van der Waals surface area contributed by atoms with Crippen LogP contribution in [0.25, 0.3) is 0 Å². The summed E-state index contributed by atoms with van der Waals surface area (Å²) in [5, 5.41) is 27.0. The molecule has 3 aromatic rings. The third-order valence-corrected chi connectivity index (χ3v) is 11.2. The van der Waals surface area contributed by atoms with Crippen molar-refractivity contribution >= 4 is 40.8 Å². The number of nitrogens with one attached hydrogen (secondary N) is 3. The largest absolute Gasteiger partial charge is 0.490 e. The normalized spacial score (nSPS) is 23.2. The Balaban J connectivity index is 0.804. The Kier molecular flexibility index (Phi) is 11.7. The average Bonchev–Trinajstić information content (AvgIpc) is 3.17. The molecule has 3 aliphatic heterocycles. The molecule has 7 rings (SSSR count). The van der Waals surface area contributed by atoms with Gasteiger partial charge in [0.1, 0.15) is 17.9 Å². The van der Waals surface area contributed by atoms with Gasteiger partial charge in [0.25, 0.3) is 5.91 Å².